The molecule has 1 amide bonds. The van der Waals surface area contributed by atoms with Crippen molar-refractivity contribution in [3.63, 3.8) is 0 Å². The Kier molecular flexibility index (Phi) is 5.19. The number of amides is 1. The maximum Gasteiger partial charge on any atom is 0.250 e. The van der Waals surface area contributed by atoms with Gasteiger partial charge < -0.3 is 5.32 Å². The number of hydrogen-bond acceptors (Lipinski definition) is 5. The first-order valence-corrected chi connectivity index (χ1v) is 8.92. The number of anilines is 1. The molecule has 1 N–H and O–H groups in total. The van der Waals surface area contributed by atoms with Crippen LogP contribution in [0.5, 0.6) is 0 Å². The summed E-state index contributed by atoms with van der Waals surface area (Å²) in [4.78, 5) is 13.0. The Morgan fingerprint density at radius 3 is 2.36 bits per heavy atom. The average molecular weight is 373 g/mol. The zero-order valence-corrected chi connectivity index (χ0v) is 15.1. The molecule has 1 atom stereocenters. The Bertz CT molecular complexity index is 1010. The molecule has 4 rings (SSSR count). The molecule has 0 aliphatic rings. The fraction of sp³-hybridized carbons (Fsp3) is 0.150. The summed E-state index contributed by atoms with van der Waals surface area (Å²) in [6.45, 7) is 0.567. The van der Waals surface area contributed by atoms with E-state index in [0.717, 1.165) is 11.1 Å². The molecule has 0 saturated carbocycles. The van der Waals surface area contributed by atoms with Gasteiger partial charge in [-0.15, -0.1) is 5.10 Å². The molecule has 1 unspecified atom stereocenters. The number of hydrogen-bond donors (Lipinski definition) is 1. The largest absolute Gasteiger partial charge is 0.309 e. The monoisotopic (exact) mass is 373 g/mol. The average Bonchev–Trinajstić information content (AvgIpc) is 3.40. The van der Waals surface area contributed by atoms with E-state index in [1.54, 1.807) is 16.9 Å². The Labute approximate surface area is 161 Å². The summed E-state index contributed by atoms with van der Waals surface area (Å²) in [5.41, 5.74) is 2.12. The topological polar surface area (TPSA) is 90.5 Å². The lowest BCUT2D eigenvalue weighted by molar-refractivity contribution is -0.119. The number of carbonyl (C=O) groups excluding carboxylic acids is 1. The third-order valence-electron chi connectivity index (χ3n) is 4.40. The number of carbonyl (C=O) groups is 1. The number of rotatable bonds is 7. The molecule has 8 nitrogen and oxygen atoms in total. The van der Waals surface area contributed by atoms with E-state index in [0.29, 0.717) is 18.8 Å². The highest BCUT2D eigenvalue weighted by atomic mass is 16.2. The summed E-state index contributed by atoms with van der Waals surface area (Å²) < 4.78 is 3.23. The minimum absolute atomic E-state index is 0.203. The van der Waals surface area contributed by atoms with E-state index in [-0.39, 0.29) is 5.91 Å². The Hall–Kier alpha value is -3.81. The van der Waals surface area contributed by atoms with Gasteiger partial charge in [-0.3, -0.25) is 4.79 Å². The Morgan fingerprint density at radius 1 is 0.964 bits per heavy atom. The molecule has 0 aliphatic carbocycles. The van der Waals surface area contributed by atoms with E-state index in [4.69, 9.17) is 0 Å². The standard InChI is InChI=1S/C20H19N7O/c28-20(18(27-15-21-24-25-27)13-16-7-3-1-4-8-16)23-19-11-12-22-26(19)14-17-9-5-2-6-10-17/h1-12,15,18H,13-14H2,(H,23,28). The van der Waals surface area contributed by atoms with E-state index >= 15 is 0 Å². The third-order valence-corrected chi connectivity index (χ3v) is 4.40. The lowest BCUT2D eigenvalue weighted by Crippen LogP contribution is -2.29. The maximum atomic E-state index is 13.0. The SMILES string of the molecule is O=C(Nc1ccnn1Cc1ccccc1)C(Cc1ccccc1)n1cnnn1. The van der Waals surface area contributed by atoms with Crippen LogP contribution >= 0.6 is 0 Å². The van der Waals surface area contributed by atoms with Crippen molar-refractivity contribution in [3.8, 4) is 0 Å². The van der Waals surface area contributed by atoms with Crippen molar-refractivity contribution >= 4 is 11.7 Å². The molecule has 2 aromatic heterocycles. The molecule has 28 heavy (non-hydrogen) atoms. The van der Waals surface area contributed by atoms with Crippen LogP contribution in [-0.2, 0) is 17.8 Å². The Morgan fingerprint density at radius 2 is 1.68 bits per heavy atom. The van der Waals surface area contributed by atoms with Gasteiger partial charge in [-0.1, -0.05) is 60.7 Å². The predicted molar refractivity (Wildman–Crippen MR) is 103 cm³/mol. The van der Waals surface area contributed by atoms with Crippen LogP contribution in [0, 0.1) is 0 Å². The molecule has 0 radical (unpaired) electrons. The first-order chi connectivity index (χ1) is 13.8. The lowest BCUT2D eigenvalue weighted by atomic mass is 10.1. The van der Waals surface area contributed by atoms with Crippen LogP contribution < -0.4 is 5.32 Å². The molecule has 0 saturated heterocycles. The predicted octanol–water partition coefficient (Wildman–Crippen LogP) is 2.34. The fourth-order valence-corrected chi connectivity index (χ4v) is 2.99. The van der Waals surface area contributed by atoms with Crippen LogP contribution in [-0.4, -0.2) is 35.9 Å². The van der Waals surface area contributed by atoms with Crippen molar-refractivity contribution in [1.82, 2.24) is 30.0 Å². The number of aromatic nitrogens is 6. The second kappa shape index (κ2) is 8.26. The van der Waals surface area contributed by atoms with Gasteiger partial charge in [0.05, 0.1) is 12.7 Å². The normalized spacial score (nSPS) is 11.9. The van der Waals surface area contributed by atoms with E-state index in [1.807, 2.05) is 60.7 Å². The van der Waals surface area contributed by atoms with Gasteiger partial charge >= 0.3 is 0 Å². The van der Waals surface area contributed by atoms with Crippen LogP contribution in [0.15, 0.2) is 79.3 Å². The summed E-state index contributed by atoms with van der Waals surface area (Å²) >= 11 is 0. The molecule has 4 aromatic rings. The Balaban J connectivity index is 1.53. The first-order valence-electron chi connectivity index (χ1n) is 8.92. The van der Waals surface area contributed by atoms with E-state index in [9.17, 15) is 4.79 Å². The molecule has 0 fully saturated rings. The smallest absolute Gasteiger partial charge is 0.250 e. The van der Waals surface area contributed by atoms with Crippen LogP contribution in [0.4, 0.5) is 5.82 Å². The van der Waals surface area contributed by atoms with Crippen molar-refractivity contribution in [2.24, 2.45) is 0 Å². The summed E-state index contributed by atoms with van der Waals surface area (Å²) in [7, 11) is 0. The summed E-state index contributed by atoms with van der Waals surface area (Å²) in [6, 6.07) is 21.0. The summed E-state index contributed by atoms with van der Waals surface area (Å²) in [5, 5.41) is 18.6. The minimum Gasteiger partial charge on any atom is -0.309 e. The third kappa shape index (κ3) is 4.12. The van der Waals surface area contributed by atoms with Gasteiger partial charge in [-0.05, 0) is 21.6 Å². The highest BCUT2D eigenvalue weighted by Gasteiger charge is 2.23. The summed E-state index contributed by atoms with van der Waals surface area (Å²) in [5.74, 6) is 0.422. The maximum absolute atomic E-state index is 13.0. The van der Waals surface area contributed by atoms with Crippen molar-refractivity contribution < 1.29 is 4.79 Å². The van der Waals surface area contributed by atoms with Crippen molar-refractivity contribution in [2.75, 3.05) is 5.32 Å². The number of nitrogens with one attached hydrogen (secondary N) is 1. The van der Waals surface area contributed by atoms with Gasteiger partial charge in [0.1, 0.15) is 18.2 Å². The number of nitrogens with zero attached hydrogens (tertiary/aromatic N) is 6. The summed E-state index contributed by atoms with van der Waals surface area (Å²) in [6.07, 6.45) is 3.60. The van der Waals surface area contributed by atoms with E-state index in [1.165, 1.54) is 11.0 Å². The number of benzene rings is 2. The van der Waals surface area contributed by atoms with Crippen molar-refractivity contribution in [2.45, 2.75) is 19.0 Å². The first kappa shape index (κ1) is 17.6. The molecule has 8 heteroatoms. The number of tetrazole rings is 1. The van der Waals surface area contributed by atoms with Gasteiger partial charge in [0.15, 0.2) is 0 Å². The van der Waals surface area contributed by atoms with E-state index < -0.39 is 6.04 Å². The molecule has 0 spiro atoms. The minimum atomic E-state index is -0.572. The molecular weight excluding hydrogens is 354 g/mol. The molecule has 140 valence electrons. The van der Waals surface area contributed by atoms with Crippen LogP contribution in [0.1, 0.15) is 17.2 Å². The molecule has 2 heterocycles. The molecular formula is C20H19N7O. The zero-order valence-electron chi connectivity index (χ0n) is 15.1. The van der Waals surface area contributed by atoms with Gasteiger partial charge in [0.25, 0.3) is 5.91 Å². The lowest BCUT2D eigenvalue weighted by Gasteiger charge is -2.17. The van der Waals surface area contributed by atoms with Gasteiger partial charge in [0, 0.05) is 12.5 Å². The second-order valence-electron chi connectivity index (χ2n) is 6.34. The van der Waals surface area contributed by atoms with Crippen molar-refractivity contribution in [3.05, 3.63) is 90.4 Å². The fourth-order valence-electron chi connectivity index (χ4n) is 2.99. The highest BCUT2D eigenvalue weighted by molar-refractivity contribution is 5.93. The van der Waals surface area contributed by atoms with Crippen LogP contribution in [0.3, 0.4) is 0 Å². The highest BCUT2D eigenvalue weighted by Crippen LogP contribution is 2.17. The van der Waals surface area contributed by atoms with Crippen LogP contribution in [0.2, 0.25) is 0 Å². The van der Waals surface area contributed by atoms with E-state index in [2.05, 4.69) is 25.9 Å². The van der Waals surface area contributed by atoms with Crippen LogP contribution in [0.25, 0.3) is 0 Å². The van der Waals surface area contributed by atoms with Gasteiger partial charge in [-0.25, -0.2) is 9.36 Å². The molecule has 0 aliphatic heterocycles. The van der Waals surface area contributed by atoms with Gasteiger partial charge in [-0.2, -0.15) is 5.10 Å². The van der Waals surface area contributed by atoms with Crippen molar-refractivity contribution in [1.29, 1.82) is 0 Å². The van der Waals surface area contributed by atoms with Gasteiger partial charge in [0.2, 0.25) is 0 Å². The second-order valence-corrected chi connectivity index (χ2v) is 6.34. The zero-order chi connectivity index (χ0) is 19.2. The molecule has 0 bridgehead atoms. The molecule has 2 aromatic carbocycles. The quantitative estimate of drug-likeness (QED) is 0.537.